The van der Waals surface area contributed by atoms with E-state index in [1.165, 1.54) is 61.6 Å². The van der Waals surface area contributed by atoms with E-state index in [0.717, 1.165) is 25.6 Å². The number of hydrogen-bond donors (Lipinski definition) is 2. The van der Waals surface area contributed by atoms with Gasteiger partial charge in [0, 0.05) is 51.2 Å². The zero-order valence-electron chi connectivity index (χ0n) is 17.9. The van der Waals surface area contributed by atoms with Gasteiger partial charge in [0.05, 0.1) is 6.54 Å². The van der Waals surface area contributed by atoms with Gasteiger partial charge in [-0.05, 0) is 48.9 Å². The highest BCUT2D eigenvalue weighted by atomic mass is 32.1. The topological polar surface area (TPSA) is 42.9 Å². The van der Waals surface area contributed by atoms with E-state index in [2.05, 4.69) is 74.1 Å². The molecule has 2 heterocycles. The van der Waals surface area contributed by atoms with E-state index >= 15 is 0 Å². The smallest absolute Gasteiger partial charge is 0.191 e. The van der Waals surface area contributed by atoms with Gasteiger partial charge in [-0.15, -0.1) is 11.3 Å². The summed E-state index contributed by atoms with van der Waals surface area (Å²) in [5.41, 5.74) is 2.77. The van der Waals surface area contributed by atoms with Gasteiger partial charge in [0.2, 0.25) is 0 Å². The van der Waals surface area contributed by atoms with Gasteiger partial charge in [-0.1, -0.05) is 30.3 Å². The van der Waals surface area contributed by atoms with Crippen molar-refractivity contribution in [1.82, 2.24) is 20.4 Å². The van der Waals surface area contributed by atoms with Crippen molar-refractivity contribution in [2.75, 3.05) is 46.3 Å². The molecule has 0 unspecified atom stereocenters. The molecule has 0 spiro atoms. The number of thiophene rings is 1. The zero-order valence-corrected chi connectivity index (χ0v) is 18.7. The summed E-state index contributed by atoms with van der Waals surface area (Å²) in [4.78, 5) is 10.9. The molecule has 1 aliphatic rings. The molecule has 158 valence electrons. The minimum Gasteiger partial charge on any atom is -0.356 e. The molecule has 6 heteroatoms. The van der Waals surface area contributed by atoms with E-state index in [1.54, 1.807) is 11.3 Å². The maximum absolute atomic E-state index is 4.33. The summed E-state index contributed by atoms with van der Waals surface area (Å²) < 4.78 is 0. The van der Waals surface area contributed by atoms with Gasteiger partial charge in [0.1, 0.15) is 0 Å². The van der Waals surface area contributed by atoms with Crippen LogP contribution >= 0.6 is 11.3 Å². The number of piperazine rings is 1. The lowest BCUT2D eigenvalue weighted by atomic mass is 10.2. The number of nitrogens with zero attached hydrogens (tertiary/aromatic N) is 3. The fourth-order valence-corrected chi connectivity index (χ4v) is 4.50. The Balaban J connectivity index is 1.24. The molecule has 0 amide bonds. The van der Waals surface area contributed by atoms with Crippen molar-refractivity contribution < 1.29 is 0 Å². The van der Waals surface area contributed by atoms with Gasteiger partial charge < -0.3 is 15.5 Å². The van der Waals surface area contributed by atoms with Gasteiger partial charge >= 0.3 is 0 Å². The SMILES string of the molecule is CN=C(NCCCCN1CCN(Cc2ccccc2)CC1)NCc1sccc1C. The van der Waals surface area contributed by atoms with Gasteiger partial charge in [-0.25, -0.2) is 0 Å². The quantitative estimate of drug-likeness (QED) is 0.376. The minimum atomic E-state index is 0.844. The molecule has 0 saturated carbocycles. The van der Waals surface area contributed by atoms with Crippen LogP contribution in [-0.2, 0) is 13.1 Å². The molecule has 1 aromatic heterocycles. The molecule has 1 fully saturated rings. The number of rotatable bonds is 9. The summed E-state index contributed by atoms with van der Waals surface area (Å²) in [7, 11) is 1.84. The summed E-state index contributed by atoms with van der Waals surface area (Å²) in [6.07, 6.45) is 2.40. The first-order valence-corrected chi connectivity index (χ1v) is 11.6. The first-order chi connectivity index (χ1) is 14.2. The Morgan fingerprint density at radius 3 is 2.45 bits per heavy atom. The molecule has 2 aromatic rings. The Morgan fingerprint density at radius 2 is 1.76 bits per heavy atom. The highest BCUT2D eigenvalue weighted by Crippen LogP contribution is 2.14. The number of guanidine groups is 1. The Morgan fingerprint density at radius 1 is 1.00 bits per heavy atom. The van der Waals surface area contributed by atoms with Crippen LogP contribution in [0.2, 0.25) is 0 Å². The molecule has 1 saturated heterocycles. The van der Waals surface area contributed by atoms with Gasteiger partial charge in [-0.3, -0.25) is 9.89 Å². The normalized spacial score (nSPS) is 16.1. The molecular weight excluding hydrogens is 378 g/mol. The maximum atomic E-state index is 4.33. The van der Waals surface area contributed by atoms with Crippen molar-refractivity contribution in [3.8, 4) is 0 Å². The second kappa shape index (κ2) is 12.0. The Kier molecular flexibility index (Phi) is 8.99. The monoisotopic (exact) mass is 413 g/mol. The lowest BCUT2D eigenvalue weighted by Gasteiger charge is -2.34. The van der Waals surface area contributed by atoms with Crippen LogP contribution in [0.5, 0.6) is 0 Å². The number of nitrogens with one attached hydrogen (secondary N) is 2. The second-order valence-electron chi connectivity index (χ2n) is 7.69. The van der Waals surface area contributed by atoms with Gasteiger partial charge in [-0.2, -0.15) is 0 Å². The van der Waals surface area contributed by atoms with Gasteiger partial charge in [0.25, 0.3) is 0 Å². The fourth-order valence-electron chi connectivity index (χ4n) is 3.65. The molecule has 0 atom stereocenters. The zero-order chi connectivity index (χ0) is 20.3. The summed E-state index contributed by atoms with van der Waals surface area (Å²) >= 11 is 1.80. The van der Waals surface area contributed by atoms with E-state index in [0.29, 0.717) is 0 Å². The first-order valence-electron chi connectivity index (χ1n) is 10.7. The standard InChI is InChI=1S/C23H35N5S/c1-20-10-17-29-22(20)18-26-23(24-2)25-11-6-7-12-27-13-15-28(16-14-27)19-21-8-4-3-5-9-21/h3-5,8-10,17H,6-7,11-16,18-19H2,1-2H3,(H2,24,25,26). The highest BCUT2D eigenvalue weighted by Gasteiger charge is 2.16. The summed E-state index contributed by atoms with van der Waals surface area (Å²) in [5.74, 6) is 0.896. The van der Waals surface area contributed by atoms with Crippen LogP contribution in [0.25, 0.3) is 0 Å². The van der Waals surface area contributed by atoms with Crippen LogP contribution in [0.3, 0.4) is 0 Å². The van der Waals surface area contributed by atoms with Crippen LogP contribution in [0.1, 0.15) is 28.8 Å². The van der Waals surface area contributed by atoms with Gasteiger partial charge in [0.15, 0.2) is 5.96 Å². The number of aryl methyl sites for hydroxylation is 1. The largest absolute Gasteiger partial charge is 0.356 e. The molecule has 3 rings (SSSR count). The number of unbranched alkanes of at least 4 members (excludes halogenated alkanes) is 1. The third kappa shape index (κ3) is 7.46. The highest BCUT2D eigenvalue weighted by molar-refractivity contribution is 7.10. The predicted octanol–water partition coefficient (Wildman–Crippen LogP) is 3.32. The lowest BCUT2D eigenvalue weighted by molar-refractivity contribution is 0.126. The third-order valence-electron chi connectivity index (χ3n) is 5.52. The minimum absolute atomic E-state index is 0.844. The first kappa shape index (κ1) is 21.8. The average molecular weight is 414 g/mol. The molecule has 5 nitrogen and oxygen atoms in total. The van der Waals surface area contributed by atoms with E-state index in [1.807, 2.05) is 7.05 Å². The molecular formula is C23H35N5S. The van der Waals surface area contributed by atoms with E-state index in [-0.39, 0.29) is 0 Å². The van der Waals surface area contributed by atoms with Crippen molar-refractivity contribution >= 4 is 17.3 Å². The average Bonchev–Trinajstić information content (AvgIpc) is 3.17. The second-order valence-corrected chi connectivity index (χ2v) is 8.69. The van der Waals surface area contributed by atoms with Crippen LogP contribution in [0.15, 0.2) is 46.8 Å². The van der Waals surface area contributed by atoms with E-state index in [9.17, 15) is 0 Å². The fraction of sp³-hybridized carbons (Fsp3) is 0.522. The van der Waals surface area contributed by atoms with Crippen molar-refractivity contribution in [1.29, 1.82) is 0 Å². The molecule has 2 N–H and O–H groups in total. The van der Waals surface area contributed by atoms with Crippen molar-refractivity contribution in [2.45, 2.75) is 32.9 Å². The number of hydrogen-bond acceptors (Lipinski definition) is 4. The van der Waals surface area contributed by atoms with Crippen molar-refractivity contribution in [3.63, 3.8) is 0 Å². The lowest BCUT2D eigenvalue weighted by Crippen LogP contribution is -2.46. The van der Waals surface area contributed by atoms with E-state index in [4.69, 9.17) is 0 Å². The molecule has 0 aliphatic carbocycles. The summed E-state index contributed by atoms with van der Waals surface area (Å²) in [6, 6.07) is 13.0. The Labute approximate surface area is 179 Å². The molecule has 1 aliphatic heterocycles. The summed E-state index contributed by atoms with van der Waals surface area (Å²) in [6.45, 7) is 11.0. The number of aliphatic imine (C=N–C) groups is 1. The Bertz CT molecular complexity index is 735. The van der Waals surface area contributed by atoms with Crippen LogP contribution in [-0.4, -0.2) is 62.1 Å². The molecule has 0 bridgehead atoms. The van der Waals surface area contributed by atoms with Crippen LogP contribution in [0, 0.1) is 6.92 Å². The molecule has 1 aromatic carbocycles. The Hall–Kier alpha value is -1.89. The summed E-state index contributed by atoms with van der Waals surface area (Å²) in [5, 5.41) is 8.99. The molecule has 29 heavy (non-hydrogen) atoms. The van der Waals surface area contributed by atoms with E-state index < -0.39 is 0 Å². The third-order valence-corrected chi connectivity index (χ3v) is 6.54. The van der Waals surface area contributed by atoms with Crippen molar-refractivity contribution in [3.05, 3.63) is 57.8 Å². The van der Waals surface area contributed by atoms with Crippen LogP contribution < -0.4 is 10.6 Å². The van der Waals surface area contributed by atoms with Crippen molar-refractivity contribution in [2.24, 2.45) is 4.99 Å². The molecule has 0 radical (unpaired) electrons. The predicted molar refractivity (Wildman–Crippen MR) is 125 cm³/mol. The maximum Gasteiger partial charge on any atom is 0.191 e. The number of benzene rings is 1. The van der Waals surface area contributed by atoms with Crippen LogP contribution in [0.4, 0.5) is 0 Å².